The Labute approximate surface area is 95.3 Å². The molecule has 1 aromatic heterocycles. The molecule has 0 aliphatic rings. The lowest BCUT2D eigenvalue weighted by Crippen LogP contribution is -1.90. The average Bonchev–Trinajstić information content (AvgIpc) is 2.77. The predicted molar refractivity (Wildman–Crippen MR) is 57.9 cm³/mol. The van der Waals surface area contributed by atoms with Gasteiger partial charge in [-0.05, 0) is 24.3 Å². The highest BCUT2D eigenvalue weighted by atomic mass is 16.6. The predicted octanol–water partition coefficient (Wildman–Crippen LogP) is 2.37. The first-order valence-corrected chi connectivity index (χ1v) is 4.64. The lowest BCUT2D eigenvalue weighted by atomic mass is 10.1. The number of rotatable bonds is 3. The van der Waals surface area contributed by atoms with Crippen LogP contribution in [0.5, 0.6) is 5.75 Å². The van der Waals surface area contributed by atoms with Crippen LogP contribution in [0.3, 0.4) is 0 Å². The van der Waals surface area contributed by atoms with E-state index in [1.807, 2.05) is 0 Å². The molecule has 0 unspecified atom stereocenters. The number of aldehydes is 1. The van der Waals surface area contributed by atoms with Gasteiger partial charge in [0.2, 0.25) is 0 Å². The molecule has 0 spiro atoms. The molecule has 6 nitrogen and oxygen atoms in total. The molecule has 0 amide bonds. The summed E-state index contributed by atoms with van der Waals surface area (Å²) >= 11 is 0. The van der Waals surface area contributed by atoms with Crippen LogP contribution < -0.4 is 0 Å². The zero-order chi connectivity index (χ0) is 12.4. The number of carbonyl (C=O) groups excluding carboxylic acids is 1. The molecule has 0 aliphatic heterocycles. The van der Waals surface area contributed by atoms with Gasteiger partial charge in [0.15, 0.2) is 12.0 Å². The van der Waals surface area contributed by atoms with Gasteiger partial charge in [-0.15, -0.1) is 0 Å². The summed E-state index contributed by atoms with van der Waals surface area (Å²) in [5.41, 5.74) is -0.0716. The third-order valence-electron chi connectivity index (χ3n) is 2.19. The normalized spacial score (nSPS) is 10.1. The van der Waals surface area contributed by atoms with E-state index in [-0.39, 0.29) is 28.5 Å². The number of phenols is 1. The van der Waals surface area contributed by atoms with Crippen molar-refractivity contribution in [3.05, 3.63) is 46.2 Å². The topological polar surface area (TPSA) is 93.6 Å². The summed E-state index contributed by atoms with van der Waals surface area (Å²) in [5, 5.41) is 20.0. The number of nitro benzene ring substituents is 1. The molecular weight excluding hydrogens is 226 g/mol. The van der Waals surface area contributed by atoms with Crippen molar-refractivity contribution in [1.82, 2.24) is 0 Å². The number of furan rings is 1. The minimum absolute atomic E-state index is 0.0855. The van der Waals surface area contributed by atoms with E-state index in [9.17, 15) is 20.0 Å². The Morgan fingerprint density at radius 3 is 2.65 bits per heavy atom. The molecule has 6 heteroatoms. The largest absolute Gasteiger partial charge is 0.508 e. The number of hydrogen-bond donors (Lipinski definition) is 1. The number of aromatic hydroxyl groups is 1. The smallest absolute Gasteiger partial charge is 0.284 e. The molecule has 0 bridgehead atoms. The van der Waals surface area contributed by atoms with E-state index in [1.165, 1.54) is 24.3 Å². The Balaban J connectivity index is 2.58. The molecule has 2 aromatic rings. The Bertz CT molecular complexity index is 587. The molecule has 17 heavy (non-hydrogen) atoms. The Kier molecular flexibility index (Phi) is 2.61. The molecule has 0 radical (unpaired) electrons. The van der Waals surface area contributed by atoms with Crippen molar-refractivity contribution in [2.45, 2.75) is 0 Å². The fourth-order valence-electron chi connectivity index (χ4n) is 1.44. The van der Waals surface area contributed by atoms with Crippen LogP contribution in [0.1, 0.15) is 10.6 Å². The average molecular weight is 233 g/mol. The highest BCUT2D eigenvalue weighted by molar-refractivity contribution is 5.75. The summed E-state index contributed by atoms with van der Waals surface area (Å²) in [6.07, 6.45) is 0.510. The molecular formula is C11H7NO5. The van der Waals surface area contributed by atoms with Gasteiger partial charge in [0.25, 0.3) is 5.69 Å². The Hall–Kier alpha value is -2.63. The van der Waals surface area contributed by atoms with E-state index in [1.54, 1.807) is 0 Å². The van der Waals surface area contributed by atoms with E-state index in [4.69, 9.17) is 4.42 Å². The van der Waals surface area contributed by atoms with Gasteiger partial charge in [-0.25, -0.2) is 0 Å². The summed E-state index contributed by atoms with van der Waals surface area (Å²) in [6.45, 7) is 0. The Morgan fingerprint density at radius 1 is 1.29 bits per heavy atom. The van der Waals surface area contributed by atoms with Gasteiger partial charge in [0, 0.05) is 0 Å². The fraction of sp³-hybridized carbons (Fsp3) is 0. The summed E-state index contributed by atoms with van der Waals surface area (Å²) < 4.78 is 5.10. The van der Waals surface area contributed by atoms with E-state index in [0.29, 0.717) is 6.29 Å². The van der Waals surface area contributed by atoms with Crippen LogP contribution in [0.25, 0.3) is 11.3 Å². The van der Waals surface area contributed by atoms with Crippen LogP contribution in [-0.2, 0) is 0 Å². The number of phenolic OH excluding ortho intramolecular Hbond substituents is 1. The molecule has 1 N–H and O–H groups in total. The lowest BCUT2D eigenvalue weighted by Gasteiger charge is -2.00. The van der Waals surface area contributed by atoms with Crippen molar-refractivity contribution >= 4 is 12.0 Å². The molecule has 0 fully saturated rings. The van der Waals surface area contributed by atoms with E-state index >= 15 is 0 Å². The SMILES string of the molecule is O=Cc1ccc(-c2ccc(O)cc2[N+](=O)[O-])o1. The van der Waals surface area contributed by atoms with Gasteiger partial charge in [0.05, 0.1) is 16.6 Å². The van der Waals surface area contributed by atoms with Crippen molar-refractivity contribution in [1.29, 1.82) is 0 Å². The molecule has 0 atom stereocenters. The Morgan fingerprint density at radius 2 is 2.06 bits per heavy atom. The molecule has 86 valence electrons. The molecule has 2 rings (SSSR count). The van der Waals surface area contributed by atoms with Gasteiger partial charge >= 0.3 is 0 Å². The van der Waals surface area contributed by atoms with Crippen molar-refractivity contribution < 1.29 is 19.2 Å². The quantitative estimate of drug-likeness (QED) is 0.499. The third-order valence-corrected chi connectivity index (χ3v) is 2.19. The first-order valence-electron chi connectivity index (χ1n) is 4.64. The maximum Gasteiger partial charge on any atom is 0.284 e. The van der Waals surface area contributed by atoms with E-state index in [2.05, 4.69) is 0 Å². The molecule has 0 saturated carbocycles. The maximum absolute atomic E-state index is 10.8. The van der Waals surface area contributed by atoms with E-state index < -0.39 is 4.92 Å². The summed E-state index contributed by atoms with van der Waals surface area (Å²) in [4.78, 5) is 20.6. The second-order valence-electron chi connectivity index (χ2n) is 3.28. The fourth-order valence-corrected chi connectivity index (χ4v) is 1.44. The zero-order valence-electron chi connectivity index (χ0n) is 8.49. The van der Waals surface area contributed by atoms with Gasteiger partial charge < -0.3 is 9.52 Å². The zero-order valence-corrected chi connectivity index (χ0v) is 8.49. The van der Waals surface area contributed by atoms with Crippen molar-refractivity contribution in [2.75, 3.05) is 0 Å². The highest BCUT2D eigenvalue weighted by Crippen LogP contribution is 2.33. The van der Waals surface area contributed by atoms with Crippen molar-refractivity contribution in [2.24, 2.45) is 0 Å². The maximum atomic E-state index is 10.8. The van der Waals surface area contributed by atoms with Crippen LogP contribution in [0, 0.1) is 10.1 Å². The number of nitrogens with zero attached hydrogens (tertiary/aromatic N) is 1. The van der Waals surface area contributed by atoms with Gasteiger partial charge in [-0.2, -0.15) is 0 Å². The van der Waals surface area contributed by atoms with Crippen molar-refractivity contribution in [3.63, 3.8) is 0 Å². The first-order chi connectivity index (χ1) is 8.11. The highest BCUT2D eigenvalue weighted by Gasteiger charge is 2.18. The minimum atomic E-state index is -0.627. The minimum Gasteiger partial charge on any atom is -0.508 e. The summed E-state index contributed by atoms with van der Waals surface area (Å²) in [6, 6.07) is 6.58. The van der Waals surface area contributed by atoms with Crippen LogP contribution >= 0.6 is 0 Å². The van der Waals surface area contributed by atoms with Crippen LogP contribution in [0.15, 0.2) is 34.7 Å². The number of carbonyl (C=O) groups is 1. The monoisotopic (exact) mass is 233 g/mol. The standard InChI is InChI=1S/C11H7NO5/c13-6-8-2-4-11(17-8)9-3-1-7(14)5-10(9)12(15)16/h1-6,14H. The van der Waals surface area contributed by atoms with E-state index in [0.717, 1.165) is 6.07 Å². The summed E-state index contributed by atoms with van der Waals surface area (Å²) in [7, 11) is 0. The van der Waals surface area contributed by atoms with Crippen molar-refractivity contribution in [3.8, 4) is 17.1 Å². The van der Waals surface area contributed by atoms with Gasteiger partial charge in [0.1, 0.15) is 11.5 Å². The van der Waals surface area contributed by atoms with Gasteiger partial charge in [-0.3, -0.25) is 14.9 Å². The molecule has 1 heterocycles. The number of hydrogen-bond acceptors (Lipinski definition) is 5. The third kappa shape index (κ3) is 2.00. The molecule has 0 saturated heterocycles. The van der Waals surface area contributed by atoms with Crippen LogP contribution in [-0.4, -0.2) is 16.3 Å². The second kappa shape index (κ2) is 4.09. The lowest BCUT2D eigenvalue weighted by molar-refractivity contribution is -0.384. The van der Waals surface area contributed by atoms with Gasteiger partial charge in [-0.1, -0.05) is 0 Å². The second-order valence-corrected chi connectivity index (χ2v) is 3.28. The first kappa shape index (κ1) is 10.9. The van der Waals surface area contributed by atoms with Crippen LogP contribution in [0.2, 0.25) is 0 Å². The summed E-state index contributed by atoms with van der Waals surface area (Å²) in [5.74, 6) is 0.0868. The molecule has 1 aromatic carbocycles. The number of benzene rings is 1. The number of nitro groups is 1. The molecule has 0 aliphatic carbocycles. The van der Waals surface area contributed by atoms with Crippen LogP contribution in [0.4, 0.5) is 5.69 Å².